The third kappa shape index (κ3) is 3.38. The van der Waals surface area contributed by atoms with Crippen molar-refractivity contribution in [2.45, 2.75) is 24.9 Å². The summed E-state index contributed by atoms with van der Waals surface area (Å²) >= 11 is 0. The van der Waals surface area contributed by atoms with E-state index in [4.69, 9.17) is 5.73 Å². The molecule has 0 radical (unpaired) electrons. The van der Waals surface area contributed by atoms with Gasteiger partial charge in [-0.15, -0.1) is 0 Å². The third-order valence-corrected chi connectivity index (χ3v) is 3.43. The fourth-order valence-corrected chi connectivity index (χ4v) is 2.13. The minimum Gasteiger partial charge on any atom is -0.508 e. The van der Waals surface area contributed by atoms with Crippen molar-refractivity contribution in [2.75, 3.05) is 7.05 Å². The topological polar surface area (TPSA) is 113 Å². The van der Waals surface area contributed by atoms with E-state index in [1.165, 1.54) is 19.2 Å². The van der Waals surface area contributed by atoms with Crippen LogP contribution in [0.25, 0.3) is 0 Å². The molecule has 112 valence electrons. The second kappa shape index (κ2) is 5.92. The van der Waals surface area contributed by atoms with Crippen LogP contribution in [0.15, 0.2) is 24.3 Å². The van der Waals surface area contributed by atoms with Crippen molar-refractivity contribution >= 4 is 17.7 Å². The molecule has 7 heteroatoms. The van der Waals surface area contributed by atoms with E-state index in [0.717, 1.165) is 10.5 Å². The van der Waals surface area contributed by atoms with Gasteiger partial charge in [-0.05, 0) is 24.1 Å². The Morgan fingerprint density at radius 3 is 2.57 bits per heavy atom. The van der Waals surface area contributed by atoms with Crippen molar-refractivity contribution in [3.63, 3.8) is 0 Å². The van der Waals surface area contributed by atoms with E-state index in [1.807, 2.05) is 0 Å². The predicted molar refractivity (Wildman–Crippen MR) is 74.1 cm³/mol. The van der Waals surface area contributed by atoms with Gasteiger partial charge in [0.1, 0.15) is 11.8 Å². The Morgan fingerprint density at radius 1 is 1.43 bits per heavy atom. The summed E-state index contributed by atoms with van der Waals surface area (Å²) in [6.45, 7) is 0. The van der Waals surface area contributed by atoms with E-state index in [0.29, 0.717) is 0 Å². The summed E-state index contributed by atoms with van der Waals surface area (Å²) in [6.07, 6.45) is 0.240. The molecule has 1 aliphatic rings. The standard InChI is InChI=1S/C14H17N3O4/c1-17-12(19)7-11(14(17)21)16-13(20)10(15)6-8-2-4-9(18)5-3-8/h2-5,10-11,18H,6-7,15H2,1H3,(H,16,20). The fourth-order valence-electron chi connectivity index (χ4n) is 2.13. The fraction of sp³-hybridized carbons (Fsp3) is 0.357. The summed E-state index contributed by atoms with van der Waals surface area (Å²) in [6, 6.07) is 4.69. The molecule has 2 unspecified atom stereocenters. The molecule has 1 heterocycles. The first kappa shape index (κ1) is 15.0. The molecule has 1 fully saturated rings. The number of amides is 3. The number of hydrogen-bond acceptors (Lipinski definition) is 5. The summed E-state index contributed by atoms with van der Waals surface area (Å²) in [7, 11) is 1.38. The van der Waals surface area contributed by atoms with Crippen LogP contribution in [0.4, 0.5) is 0 Å². The molecule has 4 N–H and O–H groups in total. The van der Waals surface area contributed by atoms with Gasteiger partial charge in [0.15, 0.2) is 0 Å². The number of nitrogens with zero attached hydrogens (tertiary/aromatic N) is 1. The highest BCUT2D eigenvalue weighted by Crippen LogP contribution is 2.12. The highest BCUT2D eigenvalue weighted by atomic mass is 16.3. The molecule has 0 aliphatic carbocycles. The summed E-state index contributed by atoms with van der Waals surface area (Å²) in [5.41, 5.74) is 6.59. The van der Waals surface area contributed by atoms with Crippen LogP contribution in [0.2, 0.25) is 0 Å². The largest absolute Gasteiger partial charge is 0.508 e. The lowest BCUT2D eigenvalue weighted by molar-refractivity contribution is -0.138. The molecule has 7 nitrogen and oxygen atoms in total. The minimum atomic E-state index is -0.833. The summed E-state index contributed by atoms with van der Waals surface area (Å²) in [4.78, 5) is 36.0. The van der Waals surface area contributed by atoms with Crippen LogP contribution in [0, 0.1) is 0 Å². The molecule has 0 saturated carbocycles. The lowest BCUT2D eigenvalue weighted by Crippen LogP contribution is -2.48. The molecule has 1 aliphatic heterocycles. The number of carbonyl (C=O) groups is 3. The summed E-state index contributed by atoms with van der Waals surface area (Å²) in [5.74, 6) is -1.10. The van der Waals surface area contributed by atoms with Gasteiger partial charge in [-0.3, -0.25) is 19.3 Å². The number of aromatic hydroxyl groups is 1. The second-order valence-corrected chi connectivity index (χ2v) is 5.03. The van der Waals surface area contributed by atoms with E-state index in [1.54, 1.807) is 12.1 Å². The normalized spacial score (nSPS) is 19.7. The Labute approximate surface area is 121 Å². The summed E-state index contributed by atoms with van der Waals surface area (Å²) < 4.78 is 0. The molecule has 0 bridgehead atoms. The molecule has 3 amide bonds. The van der Waals surface area contributed by atoms with Gasteiger partial charge in [-0.2, -0.15) is 0 Å². The van der Waals surface area contributed by atoms with Crippen molar-refractivity contribution in [1.82, 2.24) is 10.2 Å². The van der Waals surface area contributed by atoms with Gasteiger partial charge < -0.3 is 16.2 Å². The average Bonchev–Trinajstić information content (AvgIpc) is 2.69. The van der Waals surface area contributed by atoms with Crippen LogP contribution >= 0.6 is 0 Å². The quantitative estimate of drug-likeness (QED) is 0.625. The van der Waals surface area contributed by atoms with Crippen molar-refractivity contribution in [2.24, 2.45) is 5.73 Å². The van der Waals surface area contributed by atoms with E-state index in [2.05, 4.69) is 5.32 Å². The maximum Gasteiger partial charge on any atom is 0.252 e. The number of rotatable bonds is 4. The molecular formula is C14H17N3O4. The van der Waals surface area contributed by atoms with E-state index < -0.39 is 23.9 Å². The number of likely N-dealkylation sites (tertiary alicyclic amines) is 1. The molecule has 0 aromatic heterocycles. The van der Waals surface area contributed by atoms with Gasteiger partial charge in [-0.1, -0.05) is 12.1 Å². The Hall–Kier alpha value is -2.41. The summed E-state index contributed by atoms with van der Waals surface area (Å²) in [5, 5.41) is 11.7. The second-order valence-electron chi connectivity index (χ2n) is 5.03. The van der Waals surface area contributed by atoms with Crippen LogP contribution in [-0.2, 0) is 20.8 Å². The zero-order chi connectivity index (χ0) is 15.6. The van der Waals surface area contributed by atoms with Gasteiger partial charge in [0.2, 0.25) is 11.8 Å². The molecule has 1 saturated heterocycles. The van der Waals surface area contributed by atoms with Crippen LogP contribution in [0.3, 0.4) is 0 Å². The van der Waals surface area contributed by atoms with Gasteiger partial charge in [0, 0.05) is 7.05 Å². The van der Waals surface area contributed by atoms with E-state index in [-0.39, 0.29) is 24.5 Å². The maximum absolute atomic E-state index is 12.0. The first-order chi connectivity index (χ1) is 9.88. The van der Waals surface area contributed by atoms with Crippen LogP contribution < -0.4 is 11.1 Å². The Bertz CT molecular complexity index is 570. The van der Waals surface area contributed by atoms with E-state index >= 15 is 0 Å². The first-order valence-electron chi connectivity index (χ1n) is 6.52. The lowest BCUT2D eigenvalue weighted by Gasteiger charge is -2.15. The van der Waals surface area contributed by atoms with Crippen molar-refractivity contribution in [1.29, 1.82) is 0 Å². The predicted octanol–water partition coefficient (Wildman–Crippen LogP) is -0.864. The molecule has 21 heavy (non-hydrogen) atoms. The third-order valence-electron chi connectivity index (χ3n) is 3.43. The Kier molecular flexibility index (Phi) is 4.23. The number of phenols is 1. The highest BCUT2D eigenvalue weighted by Gasteiger charge is 2.37. The lowest BCUT2D eigenvalue weighted by atomic mass is 10.1. The maximum atomic E-state index is 12.0. The number of carbonyl (C=O) groups excluding carboxylic acids is 3. The van der Waals surface area contributed by atoms with Crippen molar-refractivity contribution in [3.8, 4) is 5.75 Å². The molecule has 1 aromatic carbocycles. The van der Waals surface area contributed by atoms with Gasteiger partial charge in [-0.25, -0.2) is 0 Å². The number of hydrogen-bond donors (Lipinski definition) is 3. The smallest absolute Gasteiger partial charge is 0.252 e. The van der Waals surface area contributed by atoms with Crippen LogP contribution in [-0.4, -0.2) is 46.9 Å². The van der Waals surface area contributed by atoms with E-state index in [9.17, 15) is 19.5 Å². The SMILES string of the molecule is CN1C(=O)CC(NC(=O)C(N)Cc2ccc(O)cc2)C1=O. The average molecular weight is 291 g/mol. The molecule has 2 atom stereocenters. The molecule has 1 aromatic rings. The van der Waals surface area contributed by atoms with Gasteiger partial charge >= 0.3 is 0 Å². The number of benzene rings is 1. The first-order valence-corrected chi connectivity index (χ1v) is 6.52. The minimum absolute atomic E-state index is 0.0347. The Morgan fingerprint density at radius 2 is 2.05 bits per heavy atom. The molecule has 0 spiro atoms. The highest BCUT2D eigenvalue weighted by molar-refractivity contribution is 6.06. The number of imide groups is 1. The number of nitrogens with one attached hydrogen (secondary N) is 1. The zero-order valence-electron chi connectivity index (χ0n) is 11.6. The number of likely N-dealkylation sites (N-methyl/N-ethyl adjacent to an activating group) is 1. The number of phenolic OH excluding ortho intramolecular Hbond substituents is 1. The van der Waals surface area contributed by atoms with Gasteiger partial charge in [0.25, 0.3) is 5.91 Å². The van der Waals surface area contributed by atoms with Crippen LogP contribution in [0.5, 0.6) is 5.75 Å². The monoisotopic (exact) mass is 291 g/mol. The van der Waals surface area contributed by atoms with Crippen LogP contribution in [0.1, 0.15) is 12.0 Å². The molecule has 2 rings (SSSR count). The number of nitrogens with two attached hydrogens (primary N) is 1. The van der Waals surface area contributed by atoms with Gasteiger partial charge in [0.05, 0.1) is 12.5 Å². The van der Waals surface area contributed by atoms with Crippen molar-refractivity contribution in [3.05, 3.63) is 29.8 Å². The molecular weight excluding hydrogens is 274 g/mol. The zero-order valence-corrected chi connectivity index (χ0v) is 11.6. The Balaban J connectivity index is 1.92. The van der Waals surface area contributed by atoms with Crippen molar-refractivity contribution < 1.29 is 19.5 Å².